The molecule has 0 radical (unpaired) electrons. The lowest BCUT2D eigenvalue weighted by Crippen LogP contribution is -2.16. The summed E-state index contributed by atoms with van der Waals surface area (Å²) in [6.45, 7) is 3.75. The molecule has 2 nitrogen and oxygen atoms in total. The van der Waals surface area contributed by atoms with Gasteiger partial charge in [0.15, 0.2) is 0 Å². The third-order valence-corrected chi connectivity index (χ3v) is 3.27. The molecule has 2 N–H and O–H groups in total. The Bertz CT molecular complexity index is 572. The molecule has 0 saturated heterocycles. The van der Waals surface area contributed by atoms with Crippen molar-refractivity contribution in [1.29, 1.82) is 0 Å². The van der Waals surface area contributed by atoms with Gasteiger partial charge >= 0.3 is 0 Å². The van der Waals surface area contributed by atoms with Crippen LogP contribution in [0.25, 0.3) is 0 Å². The Balaban J connectivity index is 2.53. The van der Waals surface area contributed by atoms with Gasteiger partial charge in [-0.05, 0) is 37.1 Å². The van der Waals surface area contributed by atoms with E-state index in [9.17, 15) is 4.39 Å². The number of methoxy groups -OCH3 is 1. The van der Waals surface area contributed by atoms with E-state index < -0.39 is 6.04 Å². The maximum absolute atomic E-state index is 14.2. The molecule has 0 bridgehead atoms. The highest BCUT2D eigenvalue weighted by molar-refractivity contribution is 5.45. The quantitative estimate of drug-likeness (QED) is 0.915. The maximum atomic E-state index is 14.2. The first-order valence-electron chi connectivity index (χ1n) is 6.19. The molecule has 0 aliphatic heterocycles. The number of aryl methyl sites for hydroxylation is 2. The highest BCUT2D eigenvalue weighted by Crippen LogP contribution is 2.31. The highest BCUT2D eigenvalue weighted by atomic mass is 19.1. The van der Waals surface area contributed by atoms with Crippen LogP contribution in [-0.4, -0.2) is 7.11 Å². The van der Waals surface area contributed by atoms with Crippen LogP contribution in [0.5, 0.6) is 5.75 Å². The number of hydrogen-bond acceptors (Lipinski definition) is 2. The molecule has 2 aromatic rings. The number of nitrogens with two attached hydrogens (primary N) is 1. The van der Waals surface area contributed by atoms with Gasteiger partial charge in [0.25, 0.3) is 0 Å². The molecule has 1 unspecified atom stereocenters. The largest absolute Gasteiger partial charge is 0.496 e. The van der Waals surface area contributed by atoms with E-state index in [0.717, 1.165) is 16.7 Å². The van der Waals surface area contributed by atoms with E-state index in [0.29, 0.717) is 11.3 Å². The number of benzene rings is 2. The topological polar surface area (TPSA) is 35.2 Å². The first kappa shape index (κ1) is 13.6. The predicted molar refractivity (Wildman–Crippen MR) is 74.9 cm³/mol. The summed E-state index contributed by atoms with van der Waals surface area (Å²) in [4.78, 5) is 0. The van der Waals surface area contributed by atoms with Gasteiger partial charge in [-0.2, -0.15) is 0 Å². The van der Waals surface area contributed by atoms with Crippen molar-refractivity contribution in [1.82, 2.24) is 0 Å². The van der Waals surface area contributed by atoms with E-state index in [4.69, 9.17) is 10.5 Å². The minimum Gasteiger partial charge on any atom is -0.496 e. The zero-order valence-electron chi connectivity index (χ0n) is 11.4. The van der Waals surface area contributed by atoms with Crippen LogP contribution in [0.1, 0.15) is 28.3 Å². The molecule has 3 heteroatoms. The molecule has 0 spiro atoms. The molecule has 0 aliphatic rings. The molecule has 0 aliphatic carbocycles. The number of ether oxygens (including phenoxy) is 1. The van der Waals surface area contributed by atoms with Gasteiger partial charge in [0, 0.05) is 11.1 Å². The van der Waals surface area contributed by atoms with E-state index in [2.05, 4.69) is 0 Å². The second-order valence-electron chi connectivity index (χ2n) is 4.70. The summed E-state index contributed by atoms with van der Waals surface area (Å²) in [6.07, 6.45) is 0. The molecule has 0 saturated carbocycles. The lowest BCUT2D eigenvalue weighted by molar-refractivity contribution is 0.407. The van der Waals surface area contributed by atoms with Crippen LogP contribution in [0.3, 0.4) is 0 Å². The standard InChI is InChI=1S/C16H18FNO/c1-10-8-11(2)15(13(17)9-10)16(18)12-6-4-5-7-14(12)19-3/h4-9,16H,18H2,1-3H3. The third-order valence-electron chi connectivity index (χ3n) is 3.27. The Morgan fingerprint density at radius 1 is 1.16 bits per heavy atom. The molecule has 100 valence electrons. The summed E-state index contributed by atoms with van der Waals surface area (Å²) >= 11 is 0. The van der Waals surface area contributed by atoms with Gasteiger partial charge < -0.3 is 10.5 Å². The van der Waals surface area contributed by atoms with Gasteiger partial charge in [0.2, 0.25) is 0 Å². The number of para-hydroxylation sites is 1. The highest BCUT2D eigenvalue weighted by Gasteiger charge is 2.19. The van der Waals surface area contributed by atoms with Crippen LogP contribution in [0.15, 0.2) is 36.4 Å². The van der Waals surface area contributed by atoms with Crippen molar-refractivity contribution in [2.45, 2.75) is 19.9 Å². The van der Waals surface area contributed by atoms with Crippen molar-refractivity contribution in [2.24, 2.45) is 5.73 Å². The summed E-state index contributed by atoms with van der Waals surface area (Å²) in [5, 5.41) is 0. The summed E-state index contributed by atoms with van der Waals surface area (Å²) < 4.78 is 19.5. The van der Waals surface area contributed by atoms with Gasteiger partial charge in [-0.15, -0.1) is 0 Å². The average Bonchev–Trinajstić information content (AvgIpc) is 2.37. The Kier molecular flexibility index (Phi) is 3.86. The molecular weight excluding hydrogens is 241 g/mol. The average molecular weight is 259 g/mol. The zero-order valence-corrected chi connectivity index (χ0v) is 11.4. The first-order chi connectivity index (χ1) is 9.04. The molecule has 0 amide bonds. The molecule has 2 aromatic carbocycles. The minimum atomic E-state index is -0.531. The van der Waals surface area contributed by atoms with Crippen LogP contribution < -0.4 is 10.5 Å². The van der Waals surface area contributed by atoms with Crippen molar-refractivity contribution < 1.29 is 9.13 Å². The molecular formula is C16H18FNO. The number of halogens is 1. The van der Waals surface area contributed by atoms with Gasteiger partial charge in [-0.1, -0.05) is 24.3 Å². The Labute approximate surface area is 113 Å². The maximum Gasteiger partial charge on any atom is 0.128 e. The van der Waals surface area contributed by atoms with Crippen molar-refractivity contribution in [2.75, 3.05) is 7.11 Å². The number of rotatable bonds is 3. The van der Waals surface area contributed by atoms with Gasteiger partial charge in [-0.25, -0.2) is 4.39 Å². The fourth-order valence-corrected chi connectivity index (χ4v) is 2.40. The monoisotopic (exact) mass is 259 g/mol. The normalized spacial score (nSPS) is 12.3. The molecule has 0 aromatic heterocycles. The molecule has 0 heterocycles. The zero-order chi connectivity index (χ0) is 14.0. The summed E-state index contributed by atoms with van der Waals surface area (Å²) in [7, 11) is 1.59. The summed E-state index contributed by atoms with van der Waals surface area (Å²) in [6, 6.07) is 10.4. The predicted octanol–water partition coefficient (Wildman–Crippen LogP) is 3.50. The summed E-state index contributed by atoms with van der Waals surface area (Å²) in [5.74, 6) is 0.408. The lowest BCUT2D eigenvalue weighted by atomic mass is 9.93. The van der Waals surface area contributed by atoms with Crippen LogP contribution in [-0.2, 0) is 0 Å². The second-order valence-corrected chi connectivity index (χ2v) is 4.70. The van der Waals surface area contributed by atoms with E-state index in [1.165, 1.54) is 6.07 Å². The minimum absolute atomic E-state index is 0.268. The van der Waals surface area contributed by atoms with E-state index in [-0.39, 0.29) is 5.82 Å². The molecule has 2 rings (SSSR count). The van der Waals surface area contributed by atoms with E-state index in [1.54, 1.807) is 7.11 Å². The van der Waals surface area contributed by atoms with Gasteiger partial charge in [-0.3, -0.25) is 0 Å². The van der Waals surface area contributed by atoms with Crippen LogP contribution >= 0.6 is 0 Å². The van der Waals surface area contributed by atoms with Crippen molar-refractivity contribution in [3.05, 3.63) is 64.5 Å². The van der Waals surface area contributed by atoms with Crippen molar-refractivity contribution >= 4 is 0 Å². The van der Waals surface area contributed by atoms with Crippen LogP contribution in [0, 0.1) is 19.7 Å². The number of hydrogen-bond donors (Lipinski definition) is 1. The lowest BCUT2D eigenvalue weighted by Gasteiger charge is -2.19. The Morgan fingerprint density at radius 2 is 1.84 bits per heavy atom. The van der Waals surface area contributed by atoms with Gasteiger partial charge in [0.05, 0.1) is 13.2 Å². The first-order valence-corrected chi connectivity index (χ1v) is 6.19. The van der Waals surface area contributed by atoms with Crippen LogP contribution in [0.4, 0.5) is 4.39 Å². The van der Waals surface area contributed by atoms with Crippen molar-refractivity contribution in [3.63, 3.8) is 0 Å². The smallest absolute Gasteiger partial charge is 0.128 e. The Hall–Kier alpha value is -1.87. The van der Waals surface area contributed by atoms with E-state index >= 15 is 0 Å². The van der Waals surface area contributed by atoms with Gasteiger partial charge in [0.1, 0.15) is 11.6 Å². The molecule has 19 heavy (non-hydrogen) atoms. The third kappa shape index (κ3) is 2.61. The SMILES string of the molecule is COc1ccccc1C(N)c1c(C)cc(C)cc1F. The van der Waals surface area contributed by atoms with E-state index in [1.807, 2.05) is 44.2 Å². The molecule has 0 fully saturated rings. The molecule has 1 atom stereocenters. The van der Waals surface area contributed by atoms with Crippen LogP contribution in [0.2, 0.25) is 0 Å². The fourth-order valence-electron chi connectivity index (χ4n) is 2.40. The van der Waals surface area contributed by atoms with Crippen molar-refractivity contribution in [3.8, 4) is 5.75 Å². The second kappa shape index (κ2) is 5.41. The Morgan fingerprint density at radius 3 is 2.47 bits per heavy atom. The summed E-state index contributed by atoms with van der Waals surface area (Å²) in [5.41, 5.74) is 9.29. The fraction of sp³-hybridized carbons (Fsp3) is 0.250.